The number of ether oxygens (including phenoxy) is 1. The lowest BCUT2D eigenvalue weighted by Crippen LogP contribution is -1.96. The van der Waals surface area contributed by atoms with Crippen LogP contribution in [-0.2, 0) is 18.0 Å². The van der Waals surface area contributed by atoms with Gasteiger partial charge in [-0.1, -0.05) is 53.5 Å². The molecule has 0 saturated heterocycles. The molecular weight excluding hydrogens is 297 g/mol. The zero-order valence-electron chi connectivity index (χ0n) is 10.5. The molecule has 2 aromatic heterocycles. The molecule has 102 valence electrons. The van der Waals surface area contributed by atoms with Crippen molar-refractivity contribution in [3.63, 3.8) is 0 Å². The topological polar surface area (TPSA) is 39.4 Å². The quantitative estimate of drug-likeness (QED) is 0.689. The van der Waals surface area contributed by atoms with Gasteiger partial charge in [0.25, 0.3) is 0 Å². The van der Waals surface area contributed by atoms with Gasteiger partial charge in [-0.15, -0.1) is 0 Å². The Morgan fingerprint density at radius 3 is 2.65 bits per heavy atom. The highest BCUT2D eigenvalue weighted by Gasteiger charge is 2.07. The summed E-state index contributed by atoms with van der Waals surface area (Å²) >= 11 is 11.9. The molecule has 0 atom stereocenters. The summed E-state index contributed by atoms with van der Waals surface area (Å²) in [5.41, 5.74) is 2.49. The molecule has 0 spiro atoms. The third kappa shape index (κ3) is 2.93. The molecule has 0 saturated carbocycles. The number of halogens is 2. The number of hydrogen-bond donors (Lipinski definition) is 0. The summed E-state index contributed by atoms with van der Waals surface area (Å²) in [5.74, 6) is 0. The van der Waals surface area contributed by atoms with E-state index < -0.39 is 0 Å². The number of rotatable bonds is 4. The first-order chi connectivity index (χ1) is 9.72. The van der Waals surface area contributed by atoms with E-state index in [1.165, 1.54) is 4.52 Å². The lowest BCUT2D eigenvalue weighted by atomic mass is 10.2. The van der Waals surface area contributed by atoms with E-state index in [9.17, 15) is 0 Å². The third-order valence-electron chi connectivity index (χ3n) is 2.76. The standard InChI is InChI=1S/C14H11Cl2N3O/c15-12-7-13(16)19-14(17-12)6-11(18-19)9-20-8-10-4-2-1-3-5-10/h1-7H,8-9H2. The average molecular weight is 308 g/mol. The Balaban J connectivity index is 1.70. The van der Waals surface area contributed by atoms with Gasteiger partial charge in [0.15, 0.2) is 5.65 Å². The lowest BCUT2D eigenvalue weighted by Gasteiger charge is -2.01. The first-order valence-corrected chi connectivity index (χ1v) is 6.80. The van der Waals surface area contributed by atoms with E-state index in [1.807, 2.05) is 36.4 Å². The van der Waals surface area contributed by atoms with Gasteiger partial charge in [0.1, 0.15) is 10.3 Å². The predicted molar refractivity (Wildman–Crippen MR) is 77.9 cm³/mol. The molecule has 20 heavy (non-hydrogen) atoms. The molecule has 0 amide bonds. The van der Waals surface area contributed by atoms with Gasteiger partial charge in [-0.3, -0.25) is 0 Å². The van der Waals surface area contributed by atoms with Crippen LogP contribution in [0.1, 0.15) is 11.3 Å². The van der Waals surface area contributed by atoms with Crippen LogP contribution in [0.5, 0.6) is 0 Å². The predicted octanol–water partition coefficient (Wildman–Crippen LogP) is 3.75. The van der Waals surface area contributed by atoms with Crippen LogP contribution in [0.15, 0.2) is 42.5 Å². The number of fused-ring (bicyclic) bond motifs is 1. The van der Waals surface area contributed by atoms with Crippen LogP contribution >= 0.6 is 23.2 Å². The summed E-state index contributed by atoms with van der Waals surface area (Å²) in [4.78, 5) is 4.15. The maximum Gasteiger partial charge on any atom is 0.158 e. The normalized spacial score (nSPS) is 11.1. The van der Waals surface area contributed by atoms with Crippen molar-refractivity contribution >= 4 is 28.8 Å². The van der Waals surface area contributed by atoms with Gasteiger partial charge in [0.2, 0.25) is 0 Å². The minimum atomic E-state index is 0.346. The van der Waals surface area contributed by atoms with Crippen LogP contribution in [-0.4, -0.2) is 14.6 Å². The Hall–Kier alpha value is -1.62. The van der Waals surface area contributed by atoms with Gasteiger partial charge < -0.3 is 4.74 Å². The molecule has 0 aliphatic heterocycles. The second kappa shape index (κ2) is 5.79. The van der Waals surface area contributed by atoms with Gasteiger partial charge in [-0.2, -0.15) is 5.10 Å². The van der Waals surface area contributed by atoms with Gasteiger partial charge in [-0.25, -0.2) is 9.50 Å². The van der Waals surface area contributed by atoms with Gasteiger partial charge in [-0.05, 0) is 5.56 Å². The van der Waals surface area contributed by atoms with Crippen molar-refractivity contribution in [1.82, 2.24) is 14.6 Å². The maximum absolute atomic E-state index is 6.04. The van der Waals surface area contributed by atoms with Crippen LogP contribution in [0, 0.1) is 0 Å². The molecular formula is C14H11Cl2N3O. The van der Waals surface area contributed by atoms with Gasteiger partial charge in [0, 0.05) is 12.1 Å². The fourth-order valence-corrected chi connectivity index (χ4v) is 2.35. The van der Waals surface area contributed by atoms with Crippen LogP contribution in [0.2, 0.25) is 10.3 Å². The minimum absolute atomic E-state index is 0.346. The maximum atomic E-state index is 6.04. The van der Waals surface area contributed by atoms with Crippen molar-refractivity contribution < 1.29 is 4.74 Å². The molecule has 1 aromatic carbocycles. The van der Waals surface area contributed by atoms with E-state index in [0.29, 0.717) is 29.2 Å². The molecule has 4 nitrogen and oxygen atoms in total. The van der Waals surface area contributed by atoms with Crippen LogP contribution in [0.4, 0.5) is 0 Å². The number of hydrogen-bond acceptors (Lipinski definition) is 3. The van der Waals surface area contributed by atoms with E-state index in [0.717, 1.165) is 11.3 Å². The summed E-state index contributed by atoms with van der Waals surface area (Å²) in [6.45, 7) is 0.933. The zero-order valence-corrected chi connectivity index (χ0v) is 12.0. The van der Waals surface area contributed by atoms with Crippen LogP contribution < -0.4 is 0 Å². The molecule has 0 bridgehead atoms. The molecule has 0 unspecified atom stereocenters. The Morgan fingerprint density at radius 1 is 1.05 bits per heavy atom. The monoisotopic (exact) mass is 307 g/mol. The van der Waals surface area contributed by atoms with E-state index in [2.05, 4.69) is 10.1 Å². The Bertz CT molecular complexity index is 728. The fraction of sp³-hybridized carbons (Fsp3) is 0.143. The largest absolute Gasteiger partial charge is 0.370 e. The Morgan fingerprint density at radius 2 is 1.85 bits per heavy atom. The molecule has 0 fully saturated rings. The summed E-state index contributed by atoms with van der Waals surface area (Å²) in [5, 5.41) is 5.09. The van der Waals surface area contributed by atoms with Crippen molar-refractivity contribution in [3.05, 3.63) is 64.0 Å². The lowest BCUT2D eigenvalue weighted by molar-refractivity contribution is 0.104. The summed E-state index contributed by atoms with van der Waals surface area (Å²) < 4.78 is 7.16. The molecule has 0 aliphatic carbocycles. The second-order valence-corrected chi connectivity index (χ2v) is 5.06. The molecule has 0 N–H and O–H groups in total. The summed E-state index contributed by atoms with van der Waals surface area (Å²) in [6.07, 6.45) is 0. The van der Waals surface area contributed by atoms with Crippen molar-refractivity contribution in [2.24, 2.45) is 0 Å². The van der Waals surface area contributed by atoms with E-state index in [1.54, 1.807) is 6.07 Å². The van der Waals surface area contributed by atoms with Crippen molar-refractivity contribution in [2.75, 3.05) is 0 Å². The number of aromatic nitrogens is 3. The van der Waals surface area contributed by atoms with E-state index in [4.69, 9.17) is 27.9 Å². The highest BCUT2D eigenvalue weighted by Crippen LogP contribution is 2.17. The summed E-state index contributed by atoms with van der Waals surface area (Å²) in [7, 11) is 0. The number of benzene rings is 1. The van der Waals surface area contributed by atoms with Crippen molar-refractivity contribution in [2.45, 2.75) is 13.2 Å². The highest BCUT2D eigenvalue weighted by atomic mass is 35.5. The van der Waals surface area contributed by atoms with Crippen molar-refractivity contribution in [3.8, 4) is 0 Å². The molecule has 0 radical (unpaired) electrons. The van der Waals surface area contributed by atoms with Crippen molar-refractivity contribution in [1.29, 1.82) is 0 Å². The summed E-state index contributed by atoms with van der Waals surface area (Å²) in [6, 6.07) is 13.3. The molecule has 3 rings (SSSR count). The molecule has 3 aromatic rings. The first-order valence-electron chi connectivity index (χ1n) is 6.05. The van der Waals surface area contributed by atoms with Crippen LogP contribution in [0.25, 0.3) is 5.65 Å². The number of nitrogens with zero attached hydrogens (tertiary/aromatic N) is 3. The van der Waals surface area contributed by atoms with E-state index in [-0.39, 0.29) is 0 Å². The third-order valence-corrected chi connectivity index (χ3v) is 3.23. The Labute approximate surface area is 125 Å². The van der Waals surface area contributed by atoms with Gasteiger partial charge >= 0.3 is 0 Å². The average Bonchev–Trinajstić information content (AvgIpc) is 2.83. The highest BCUT2D eigenvalue weighted by molar-refractivity contribution is 6.33. The molecule has 6 heteroatoms. The minimum Gasteiger partial charge on any atom is -0.370 e. The zero-order chi connectivity index (χ0) is 13.9. The van der Waals surface area contributed by atoms with Gasteiger partial charge in [0.05, 0.1) is 18.9 Å². The fourth-order valence-electron chi connectivity index (χ4n) is 1.87. The van der Waals surface area contributed by atoms with E-state index >= 15 is 0 Å². The SMILES string of the molecule is Clc1cc(Cl)n2nc(COCc3ccccc3)cc2n1. The van der Waals surface area contributed by atoms with Crippen LogP contribution in [0.3, 0.4) is 0 Å². The smallest absolute Gasteiger partial charge is 0.158 e. The molecule has 2 heterocycles. The second-order valence-electron chi connectivity index (χ2n) is 4.29. The first kappa shape index (κ1) is 13.4. The Kier molecular flexibility index (Phi) is 3.87. The molecule has 0 aliphatic rings.